The van der Waals surface area contributed by atoms with Gasteiger partial charge >= 0.3 is 6.18 Å². The van der Waals surface area contributed by atoms with E-state index < -0.39 is 17.3 Å². The average Bonchev–Trinajstić information content (AvgIpc) is 3.66. The Morgan fingerprint density at radius 1 is 0.947 bits per heavy atom. The van der Waals surface area contributed by atoms with Crippen molar-refractivity contribution in [3.63, 3.8) is 0 Å². The summed E-state index contributed by atoms with van der Waals surface area (Å²) in [6.07, 6.45) is 3.16. The Hall–Kier alpha value is -2.65. The lowest BCUT2D eigenvalue weighted by atomic mass is 9.79. The molecule has 3 atom stereocenters. The zero-order chi connectivity index (χ0) is 26.5. The monoisotopic (exact) mass is 528 g/mol. The standard InChI is InChI=1S/C29H35F3N4O2/c30-29(31,32)21-4-3-5-23(18-21)34-15-9-20(19-34)27(37)36-17-11-24-25(36)10-16-35(24)22-7-12-28(38,13-8-22)26-6-1-2-14-33-26/h1-6,14,18,20,22,24-25,38H,7-13,15-17,19H2/t20?,22?,24-,25-,28?/m1/s1. The molecule has 0 bridgehead atoms. The zero-order valence-corrected chi connectivity index (χ0v) is 21.5. The van der Waals surface area contributed by atoms with Crippen LogP contribution in [0.15, 0.2) is 48.7 Å². The van der Waals surface area contributed by atoms with Crippen molar-refractivity contribution < 1.29 is 23.1 Å². The number of hydrogen-bond donors (Lipinski definition) is 1. The first-order valence-corrected chi connectivity index (χ1v) is 13.9. The molecule has 1 amide bonds. The van der Waals surface area contributed by atoms with Gasteiger partial charge in [0.1, 0.15) is 5.60 Å². The number of rotatable bonds is 4. The number of benzene rings is 1. The van der Waals surface area contributed by atoms with E-state index in [-0.39, 0.29) is 17.9 Å². The van der Waals surface area contributed by atoms with Gasteiger partial charge in [-0.25, -0.2) is 0 Å². The zero-order valence-electron chi connectivity index (χ0n) is 21.5. The van der Waals surface area contributed by atoms with E-state index in [9.17, 15) is 23.1 Å². The van der Waals surface area contributed by atoms with Gasteiger partial charge in [-0.3, -0.25) is 14.7 Å². The molecule has 1 unspecified atom stereocenters. The third-order valence-corrected chi connectivity index (χ3v) is 9.37. The Bertz CT molecular complexity index is 1150. The Morgan fingerprint density at radius 2 is 1.74 bits per heavy atom. The fraction of sp³-hybridized carbons (Fsp3) is 0.586. The maximum absolute atomic E-state index is 13.6. The smallest absolute Gasteiger partial charge is 0.384 e. The van der Waals surface area contributed by atoms with Gasteiger partial charge in [-0.15, -0.1) is 0 Å². The minimum atomic E-state index is -4.38. The Labute approximate surface area is 221 Å². The van der Waals surface area contributed by atoms with E-state index in [2.05, 4.69) is 14.8 Å². The van der Waals surface area contributed by atoms with E-state index in [1.54, 1.807) is 12.3 Å². The van der Waals surface area contributed by atoms with Crippen molar-refractivity contribution in [3.05, 3.63) is 59.9 Å². The molecule has 1 aliphatic carbocycles. The van der Waals surface area contributed by atoms with Crippen LogP contribution >= 0.6 is 0 Å². The van der Waals surface area contributed by atoms with Crippen LogP contribution < -0.4 is 4.90 Å². The SMILES string of the molecule is O=C(C1CCN(c2cccc(C(F)(F)F)c2)C1)N1CC[C@@H]2[C@H]1CCN2C1CCC(O)(c2ccccn2)CC1. The minimum absolute atomic E-state index is 0.155. The van der Waals surface area contributed by atoms with Crippen LogP contribution in [-0.2, 0) is 16.6 Å². The summed E-state index contributed by atoms with van der Waals surface area (Å²) in [5.74, 6) is -0.0256. The van der Waals surface area contributed by atoms with Gasteiger partial charge in [-0.05, 0) is 75.3 Å². The first kappa shape index (κ1) is 25.6. The highest BCUT2D eigenvalue weighted by Gasteiger charge is 2.49. The molecule has 6 rings (SSSR count). The van der Waals surface area contributed by atoms with Crippen LogP contribution in [-0.4, -0.2) is 70.1 Å². The number of amides is 1. The van der Waals surface area contributed by atoms with Gasteiger partial charge in [-0.2, -0.15) is 13.2 Å². The second-order valence-corrected chi connectivity index (χ2v) is 11.4. The van der Waals surface area contributed by atoms with Gasteiger partial charge in [0.2, 0.25) is 5.91 Å². The summed E-state index contributed by atoms with van der Waals surface area (Å²) in [6.45, 7) is 2.77. The Kier molecular flexibility index (Phi) is 6.63. The van der Waals surface area contributed by atoms with Gasteiger partial charge in [0.25, 0.3) is 0 Å². The molecule has 1 N–H and O–H groups in total. The van der Waals surface area contributed by atoms with Crippen molar-refractivity contribution in [1.82, 2.24) is 14.8 Å². The highest BCUT2D eigenvalue weighted by molar-refractivity contribution is 5.81. The minimum Gasteiger partial charge on any atom is -0.384 e. The molecule has 4 fully saturated rings. The maximum Gasteiger partial charge on any atom is 0.416 e. The number of alkyl halides is 3. The molecule has 3 saturated heterocycles. The number of likely N-dealkylation sites (tertiary alicyclic amines) is 2. The molecule has 0 spiro atoms. The molecule has 2 aromatic rings. The summed E-state index contributed by atoms with van der Waals surface area (Å²) in [6, 6.07) is 12.1. The third kappa shape index (κ3) is 4.68. The predicted molar refractivity (Wildman–Crippen MR) is 137 cm³/mol. The summed E-state index contributed by atoms with van der Waals surface area (Å²) in [5.41, 5.74) is -0.224. The van der Waals surface area contributed by atoms with Gasteiger partial charge < -0.3 is 14.9 Å². The van der Waals surface area contributed by atoms with Crippen LogP contribution in [0, 0.1) is 5.92 Å². The average molecular weight is 529 g/mol. The Morgan fingerprint density at radius 3 is 2.47 bits per heavy atom. The van der Waals surface area contributed by atoms with E-state index in [1.165, 1.54) is 12.1 Å². The van der Waals surface area contributed by atoms with E-state index >= 15 is 0 Å². The number of nitrogens with zero attached hydrogens (tertiary/aromatic N) is 4. The predicted octanol–water partition coefficient (Wildman–Crippen LogP) is 4.43. The number of carbonyl (C=O) groups excluding carboxylic acids is 1. The van der Waals surface area contributed by atoms with Gasteiger partial charge in [0.05, 0.1) is 17.2 Å². The van der Waals surface area contributed by atoms with Crippen LogP contribution in [0.1, 0.15) is 56.2 Å². The molecular weight excluding hydrogens is 493 g/mol. The van der Waals surface area contributed by atoms with Crippen LogP contribution in [0.25, 0.3) is 0 Å². The lowest BCUT2D eigenvalue weighted by molar-refractivity contribution is -0.137. The Balaban J connectivity index is 1.06. The molecule has 4 heterocycles. The normalized spacial score (nSPS) is 32.1. The molecule has 6 nitrogen and oxygen atoms in total. The highest BCUT2D eigenvalue weighted by Crippen LogP contribution is 2.42. The summed E-state index contributed by atoms with van der Waals surface area (Å²) in [4.78, 5) is 24.5. The summed E-state index contributed by atoms with van der Waals surface area (Å²) in [7, 11) is 0. The van der Waals surface area contributed by atoms with Gasteiger partial charge in [-0.1, -0.05) is 12.1 Å². The highest BCUT2D eigenvalue weighted by atomic mass is 19.4. The van der Waals surface area contributed by atoms with Crippen molar-refractivity contribution in [2.24, 2.45) is 5.92 Å². The van der Waals surface area contributed by atoms with Gasteiger partial charge in [0.15, 0.2) is 0 Å². The summed E-state index contributed by atoms with van der Waals surface area (Å²) < 4.78 is 39.5. The first-order valence-electron chi connectivity index (χ1n) is 13.9. The summed E-state index contributed by atoms with van der Waals surface area (Å²) >= 11 is 0. The second kappa shape index (κ2) is 9.83. The van der Waals surface area contributed by atoms with Crippen molar-refractivity contribution >= 4 is 11.6 Å². The number of halogens is 3. The molecule has 4 aliphatic rings. The fourth-order valence-corrected chi connectivity index (χ4v) is 7.36. The molecular formula is C29H35F3N4O2. The largest absolute Gasteiger partial charge is 0.416 e. The molecule has 3 aliphatic heterocycles. The third-order valence-electron chi connectivity index (χ3n) is 9.37. The van der Waals surface area contributed by atoms with Crippen molar-refractivity contribution in [2.75, 3.05) is 31.1 Å². The van der Waals surface area contributed by atoms with Crippen LogP contribution in [0.3, 0.4) is 0 Å². The number of aliphatic hydroxyl groups is 1. The summed E-state index contributed by atoms with van der Waals surface area (Å²) in [5, 5.41) is 11.2. The number of fused-ring (bicyclic) bond motifs is 1. The molecule has 1 saturated carbocycles. The molecule has 38 heavy (non-hydrogen) atoms. The quantitative estimate of drug-likeness (QED) is 0.636. The van der Waals surface area contributed by atoms with Crippen molar-refractivity contribution in [3.8, 4) is 0 Å². The van der Waals surface area contributed by atoms with E-state index in [4.69, 9.17) is 0 Å². The van der Waals surface area contributed by atoms with Crippen LogP contribution in [0.5, 0.6) is 0 Å². The number of hydrogen-bond acceptors (Lipinski definition) is 5. The maximum atomic E-state index is 13.6. The topological polar surface area (TPSA) is 59.9 Å². The number of aromatic nitrogens is 1. The molecule has 1 aromatic carbocycles. The van der Waals surface area contributed by atoms with E-state index in [0.29, 0.717) is 50.1 Å². The van der Waals surface area contributed by atoms with Gasteiger partial charge in [0, 0.05) is 56.2 Å². The number of anilines is 1. The van der Waals surface area contributed by atoms with Crippen LogP contribution in [0.2, 0.25) is 0 Å². The molecule has 204 valence electrons. The van der Waals surface area contributed by atoms with E-state index in [1.807, 2.05) is 23.1 Å². The lowest BCUT2D eigenvalue weighted by Crippen LogP contribution is -2.47. The molecule has 0 radical (unpaired) electrons. The lowest BCUT2D eigenvalue weighted by Gasteiger charge is -2.41. The van der Waals surface area contributed by atoms with Crippen LogP contribution in [0.4, 0.5) is 18.9 Å². The second-order valence-electron chi connectivity index (χ2n) is 11.4. The fourth-order valence-electron chi connectivity index (χ4n) is 7.36. The molecule has 1 aromatic heterocycles. The van der Waals surface area contributed by atoms with Crippen molar-refractivity contribution in [2.45, 2.75) is 74.8 Å². The first-order chi connectivity index (χ1) is 18.2. The van der Waals surface area contributed by atoms with Crippen molar-refractivity contribution in [1.29, 1.82) is 0 Å². The number of pyridine rings is 1. The number of carbonyl (C=O) groups is 1. The molecule has 9 heteroatoms. The van der Waals surface area contributed by atoms with E-state index in [0.717, 1.165) is 50.5 Å².